The Kier molecular flexibility index (Phi) is 4.34. The summed E-state index contributed by atoms with van der Waals surface area (Å²) in [4.78, 5) is 15.7. The second-order valence-corrected chi connectivity index (χ2v) is 5.34. The molecule has 88 valence electrons. The van der Waals surface area contributed by atoms with E-state index in [4.69, 9.17) is 0 Å². The molecule has 1 aliphatic carbocycles. The first-order valence-electron chi connectivity index (χ1n) is 5.70. The highest BCUT2D eigenvalue weighted by Gasteiger charge is 2.19. The molecule has 1 N–H and O–H groups in total. The minimum atomic E-state index is 0.0748. The minimum Gasteiger partial charge on any atom is -0.314 e. The highest BCUT2D eigenvalue weighted by atomic mass is 127. The van der Waals surface area contributed by atoms with Crippen LogP contribution in [0.25, 0.3) is 0 Å². The van der Waals surface area contributed by atoms with Gasteiger partial charge in [0.05, 0.1) is 9.90 Å². The summed E-state index contributed by atoms with van der Waals surface area (Å²) in [6, 6.07) is 0.780. The van der Waals surface area contributed by atoms with Crippen LogP contribution in [-0.2, 0) is 6.54 Å². The van der Waals surface area contributed by atoms with Gasteiger partial charge in [0.25, 0.3) is 5.56 Å². The summed E-state index contributed by atoms with van der Waals surface area (Å²) in [5, 5.41) is 3.46. The van der Waals surface area contributed by atoms with Crippen LogP contribution >= 0.6 is 22.6 Å². The Morgan fingerprint density at radius 3 is 3.06 bits per heavy atom. The van der Waals surface area contributed by atoms with Crippen molar-refractivity contribution >= 4 is 22.6 Å². The van der Waals surface area contributed by atoms with Gasteiger partial charge in [0.15, 0.2) is 0 Å². The van der Waals surface area contributed by atoms with Crippen LogP contribution in [0.3, 0.4) is 0 Å². The summed E-state index contributed by atoms with van der Waals surface area (Å²) < 4.78 is 2.38. The summed E-state index contributed by atoms with van der Waals surface area (Å²) in [5.41, 5.74) is 0.0748. The maximum absolute atomic E-state index is 11.7. The molecular weight excluding hydrogens is 317 g/mol. The molecule has 1 fully saturated rings. The van der Waals surface area contributed by atoms with E-state index in [-0.39, 0.29) is 5.56 Å². The zero-order chi connectivity index (χ0) is 11.4. The van der Waals surface area contributed by atoms with Gasteiger partial charge in [0.2, 0.25) is 0 Å². The van der Waals surface area contributed by atoms with Crippen molar-refractivity contribution in [2.45, 2.75) is 38.3 Å². The van der Waals surface area contributed by atoms with Gasteiger partial charge in [-0.1, -0.05) is 0 Å². The lowest BCUT2D eigenvalue weighted by Crippen LogP contribution is -2.23. The molecule has 0 amide bonds. The standard InChI is InChI=1S/C11H16IN3O/c12-10-7-13-8-15(11(10)16)6-2-1-5-14-9-3-4-9/h7-9,14H,1-6H2. The van der Waals surface area contributed by atoms with Gasteiger partial charge in [-0.2, -0.15) is 0 Å². The molecule has 0 spiro atoms. The SMILES string of the molecule is O=c1c(I)cncn1CCCCNC1CC1. The molecule has 0 aromatic carbocycles. The molecule has 5 heteroatoms. The third-order valence-electron chi connectivity index (χ3n) is 2.70. The number of aromatic nitrogens is 2. The van der Waals surface area contributed by atoms with E-state index in [0.717, 1.165) is 32.0 Å². The number of aryl methyl sites for hydroxylation is 1. The fourth-order valence-corrected chi connectivity index (χ4v) is 2.05. The van der Waals surface area contributed by atoms with Crippen LogP contribution in [0.4, 0.5) is 0 Å². The van der Waals surface area contributed by atoms with E-state index < -0.39 is 0 Å². The summed E-state index contributed by atoms with van der Waals surface area (Å²) in [6.45, 7) is 1.84. The number of unbranched alkanes of at least 4 members (excludes halogenated alkanes) is 1. The molecule has 1 aliphatic rings. The molecule has 1 aromatic rings. The monoisotopic (exact) mass is 333 g/mol. The number of nitrogens with one attached hydrogen (secondary N) is 1. The van der Waals surface area contributed by atoms with Gasteiger partial charge in [0.1, 0.15) is 0 Å². The molecule has 1 saturated carbocycles. The van der Waals surface area contributed by atoms with E-state index in [0.29, 0.717) is 3.57 Å². The predicted molar refractivity (Wildman–Crippen MR) is 71.5 cm³/mol. The number of halogens is 1. The third-order valence-corrected chi connectivity index (χ3v) is 3.44. The molecule has 4 nitrogen and oxygen atoms in total. The van der Waals surface area contributed by atoms with Crippen molar-refractivity contribution < 1.29 is 0 Å². The molecule has 0 saturated heterocycles. The molecule has 1 heterocycles. The summed E-state index contributed by atoms with van der Waals surface area (Å²) >= 11 is 2.03. The molecule has 0 bridgehead atoms. The van der Waals surface area contributed by atoms with Crippen molar-refractivity contribution in [1.82, 2.24) is 14.9 Å². The van der Waals surface area contributed by atoms with Crippen LogP contribution in [0, 0.1) is 3.57 Å². The van der Waals surface area contributed by atoms with Crippen molar-refractivity contribution in [2.24, 2.45) is 0 Å². The first-order valence-corrected chi connectivity index (χ1v) is 6.78. The molecule has 0 unspecified atom stereocenters. The van der Waals surface area contributed by atoms with Crippen LogP contribution in [0.5, 0.6) is 0 Å². The van der Waals surface area contributed by atoms with Gasteiger partial charge in [-0.05, 0) is 54.8 Å². The molecule has 1 aromatic heterocycles. The van der Waals surface area contributed by atoms with Crippen molar-refractivity contribution in [3.05, 3.63) is 26.4 Å². The Bertz CT molecular complexity index is 400. The first-order chi connectivity index (χ1) is 7.77. The molecule has 0 atom stereocenters. The Labute approximate surface area is 109 Å². The third kappa shape index (κ3) is 3.55. The van der Waals surface area contributed by atoms with Gasteiger partial charge in [-0.15, -0.1) is 0 Å². The topological polar surface area (TPSA) is 46.9 Å². The Morgan fingerprint density at radius 2 is 2.31 bits per heavy atom. The average Bonchev–Trinajstić information content (AvgIpc) is 3.07. The van der Waals surface area contributed by atoms with Crippen LogP contribution < -0.4 is 10.9 Å². The van der Waals surface area contributed by atoms with Gasteiger partial charge >= 0.3 is 0 Å². The largest absolute Gasteiger partial charge is 0.314 e. The van der Waals surface area contributed by atoms with Crippen LogP contribution in [0.15, 0.2) is 17.3 Å². The number of nitrogens with zero attached hydrogens (tertiary/aromatic N) is 2. The number of rotatable bonds is 6. The van der Waals surface area contributed by atoms with E-state index in [1.54, 1.807) is 17.1 Å². The second-order valence-electron chi connectivity index (χ2n) is 4.18. The molecule has 0 aliphatic heterocycles. The van der Waals surface area contributed by atoms with E-state index in [1.807, 2.05) is 22.6 Å². The zero-order valence-electron chi connectivity index (χ0n) is 9.16. The van der Waals surface area contributed by atoms with Gasteiger partial charge in [-0.3, -0.25) is 9.36 Å². The van der Waals surface area contributed by atoms with Gasteiger partial charge in [0, 0.05) is 18.8 Å². The highest BCUT2D eigenvalue weighted by Crippen LogP contribution is 2.18. The zero-order valence-corrected chi connectivity index (χ0v) is 11.3. The van der Waals surface area contributed by atoms with Crippen molar-refractivity contribution in [3.8, 4) is 0 Å². The van der Waals surface area contributed by atoms with Crippen molar-refractivity contribution in [3.63, 3.8) is 0 Å². The van der Waals surface area contributed by atoms with Crippen molar-refractivity contribution in [1.29, 1.82) is 0 Å². The Morgan fingerprint density at radius 1 is 1.50 bits per heavy atom. The minimum absolute atomic E-state index is 0.0748. The lowest BCUT2D eigenvalue weighted by atomic mass is 10.3. The van der Waals surface area contributed by atoms with Crippen LogP contribution in [-0.4, -0.2) is 22.1 Å². The first kappa shape index (κ1) is 12.0. The molecule has 2 rings (SSSR count). The van der Waals surface area contributed by atoms with Crippen LogP contribution in [0.2, 0.25) is 0 Å². The maximum atomic E-state index is 11.7. The molecular formula is C11H16IN3O. The fraction of sp³-hybridized carbons (Fsp3) is 0.636. The summed E-state index contributed by atoms with van der Waals surface area (Å²) in [6.07, 6.45) is 8.04. The van der Waals surface area contributed by atoms with E-state index >= 15 is 0 Å². The Balaban J connectivity index is 1.71. The highest BCUT2D eigenvalue weighted by molar-refractivity contribution is 14.1. The van der Waals surface area contributed by atoms with Crippen molar-refractivity contribution in [2.75, 3.05) is 6.54 Å². The predicted octanol–water partition coefficient (Wildman–Crippen LogP) is 1.38. The number of hydrogen-bond acceptors (Lipinski definition) is 3. The second kappa shape index (κ2) is 5.77. The van der Waals surface area contributed by atoms with Gasteiger partial charge < -0.3 is 5.32 Å². The van der Waals surface area contributed by atoms with E-state index in [2.05, 4.69) is 10.3 Å². The molecule has 16 heavy (non-hydrogen) atoms. The smallest absolute Gasteiger partial charge is 0.266 e. The van der Waals surface area contributed by atoms with Crippen LogP contribution in [0.1, 0.15) is 25.7 Å². The normalized spacial score (nSPS) is 15.3. The lowest BCUT2D eigenvalue weighted by molar-refractivity contribution is 0.551. The summed E-state index contributed by atoms with van der Waals surface area (Å²) in [7, 11) is 0. The maximum Gasteiger partial charge on any atom is 0.266 e. The molecule has 0 radical (unpaired) electrons. The lowest BCUT2D eigenvalue weighted by Gasteiger charge is -2.05. The summed E-state index contributed by atoms with van der Waals surface area (Å²) in [5.74, 6) is 0. The van der Waals surface area contributed by atoms with E-state index in [9.17, 15) is 4.79 Å². The van der Waals surface area contributed by atoms with E-state index in [1.165, 1.54) is 12.8 Å². The average molecular weight is 333 g/mol. The van der Waals surface area contributed by atoms with Gasteiger partial charge in [-0.25, -0.2) is 4.98 Å². The number of hydrogen-bond donors (Lipinski definition) is 1. The Hall–Kier alpha value is -0.430. The fourth-order valence-electron chi connectivity index (χ4n) is 1.58. The quantitative estimate of drug-likeness (QED) is 0.632.